The van der Waals surface area contributed by atoms with Gasteiger partial charge in [0.25, 0.3) is 0 Å². The molecule has 0 aromatic rings. The molecule has 0 rings (SSSR count). The van der Waals surface area contributed by atoms with Gasteiger partial charge in [-0.15, -0.1) is 0 Å². The highest BCUT2D eigenvalue weighted by Gasteiger charge is 2.38. The third-order valence-corrected chi connectivity index (χ3v) is 4.35. The van der Waals surface area contributed by atoms with Crippen LogP contribution in [0.15, 0.2) is 0 Å². The van der Waals surface area contributed by atoms with E-state index in [-0.39, 0.29) is 5.40 Å². The van der Waals surface area contributed by atoms with Crippen LogP contribution in [0.3, 0.4) is 0 Å². The highest BCUT2D eigenvalue weighted by molar-refractivity contribution is 7.18. The topological polar surface area (TPSA) is 9.72 Å². The summed E-state index contributed by atoms with van der Waals surface area (Å²) in [7, 11) is 15.8. The van der Waals surface area contributed by atoms with Crippen LogP contribution in [0.2, 0.25) is 0 Å². The summed E-state index contributed by atoms with van der Waals surface area (Å²) in [4.78, 5) is 6.80. The lowest BCUT2D eigenvalue weighted by Crippen LogP contribution is -2.61. The first kappa shape index (κ1) is 14.3. The summed E-state index contributed by atoms with van der Waals surface area (Å²) in [6, 6.07) is 0.498. The van der Waals surface area contributed by atoms with Crippen LogP contribution in [0, 0.1) is 0 Å². The first-order chi connectivity index (χ1) is 6.28. The van der Waals surface area contributed by atoms with Crippen molar-refractivity contribution in [2.75, 3.05) is 42.3 Å². The Morgan fingerprint density at radius 3 is 1.43 bits per heavy atom. The molecule has 2 unspecified atom stereocenters. The Kier molecular flexibility index (Phi) is 5.53. The van der Waals surface area contributed by atoms with E-state index in [0.717, 1.165) is 6.42 Å². The summed E-state index contributed by atoms with van der Waals surface area (Å²) in [6.07, 6.45) is 1.13. The number of hydrogen-bond donors (Lipinski definition) is 0. The Morgan fingerprint density at radius 2 is 1.36 bits per heavy atom. The van der Waals surface area contributed by atoms with Crippen LogP contribution in [-0.4, -0.2) is 68.4 Å². The minimum atomic E-state index is -0.00174. The largest absolute Gasteiger partial charge is 0.303 e. The molecule has 0 aromatic heterocycles. The van der Waals surface area contributed by atoms with Crippen LogP contribution < -0.4 is 0 Å². The summed E-state index contributed by atoms with van der Waals surface area (Å²) in [5, 5.41) is -0.00174. The lowest BCUT2D eigenvalue weighted by atomic mass is 10.1. The molecule has 0 aromatic carbocycles. The molecule has 0 amide bonds. The summed E-state index contributed by atoms with van der Waals surface area (Å²) >= 11 is 0. The van der Waals surface area contributed by atoms with E-state index < -0.39 is 0 Å². The summed E-state index contributed by atoms with van der Waals surface area (Å²) in [6.45, 7) is 2.23. The molecule has 0 bridgehead atoms. The average molecular weight is 219 g/mol. The second-order valence-electron chi connectivity index (χ2n) is 4.46. The second-order valence-corrected chi connectivity index (χ2v) is 5.31. The molecule has 86 valence electrons. The fourth-order valence-corrected chi connectivity index (χ4v) is 2.58. The van der Waals surface area contributed by atoms with Gasteiger partial charge < -0.3 is 4.90 Å². The molecule has 3 nitrogen and oxygen atoms in total. The van der Waals surface area contributed by atoms with Gasteiger partial charge in [-0.2, -0.15) is 0 Å². The second kappa shape index (κ2) is 5.41. The molecule has 0 aliphatic heterocycles. The number of nitrogens with zero attached hydrogens (tertiary/aromatic N) is 3. The van der Waals surface area contributed by atoms with Gasteiger partial charge in [-0.25, -0.2) is 0 Å². The molecule has 0 heterocycles. The average Bonchev–Trinajstić information content (AvgIpc) is 2.03. The van der Waals surface area contributed by atoms with Crippen LogP contribution in [0.4, 0.5) is 0 Å². The minimum Gasteiger partial charge on any atom is -0.303 e. The third-order valence-electron chi connectivity index (χ3n) is 2.93. The predicted molar refractivity (Wildman–Crippen MR) is 67.6 cm³/mol. The number of likely N-dealkylation sites (N-methyl/N-ethyl adjacent to an activating group) is 3. The van der Waals surface area contributed by atoms with Crippen LogP contribution in [-0.2, 0) is 0 Å². The van der Waals surface area contributed by atoms with Gasteiger partial charge in [-0.1, -0.05) is 16.2 Å². The van der Waals surface area contributed by atoms with Crippen molar-refractivity contribution < 1.29 is 0 Å². The monoisotopic (exact) mass is 219 g/mol. The summed E-state index contributed by atoms with van der Waals surface area (Å²) < 4.78 is 0. The summed E-state index contributed by atoms with van der Waals surface area (Å²) in [5.41, 5.74) is 0. The lowest BCUT2D eigenvalue weighted by molar-refractivity contribution is 0.0131. The van der Waals surface area contributed by atoms with Crippen molar-refractivity contribution in [2.45, 2.75) is 24.8 Å². The Morgan fingerprint density at radius 1 is 1.00 bits per heavy atom. The molecule has 0 saturated carbocycles. The van der Waals surface area contributed by atoms with Gasteiger partial charge in [0.1, 0.15) is 5.40 Å². The maximum absolute atomic E-state index is 2.99. The van der Waals surface area contributed by atoms with E-state index >= 15 is 0 Å². The molecule has 4 heteroatoms. The fraction of sp³-hybridized carbons (Fsp3) is 1.00. The zero-order valence-electron chi connectivity index (χ0n) is 10.7. The molecule has 14 heavy (non-hydrogen) atoms. The van der Waals surface area contributed by atoms with Gasteiger partial charge in [0, 0.05) is 6.04 Å². The predicted octanol–water partition coefficient (Wildman–Crippen LogP) is 0.979. The van der Waals surface area contributed by atoms with Gasteiger partial charge in [-0.05, 0) is 48.7 Å². The van der Waals surface area contributed by atoms with Crippen LogP contribution in [0.5, 0.6) is 0 Å². The number of rotatable bonds is 5. The number of hydrogen-bond acceptors (Lipinski definition) is 3. The smallest absolute Gasteiger partial charge is 0.102 e. The maximum Gasteiger partial charge on any atom is 0.102 e. The van der Waals surface area contributed by atoms with E-state index in [1.54, 1.807) is 0 Å². The van der Waals surface area contributed by atoms with Crippen LogP contribution in [0.25, 0.3) is 0 Å². The van der Waals surface area contributed by atoms with Crippen molar-refractivity contribution in [1.29, 1.82) is 0 Å². The Balaban J connectivity index is 4.96. The molecular formula is C10H26N3P. The zero-order chi connectivity index (χ0) is 11.5. The van der Waals surface area contributed by atoms with Crippen molar-refractivity contribution in [3.05, 3.63) is 0 Å². The SMILES string of the molecule is CCC(N(C)C)C(P)(N(C)C)N(C)C. The highest BCUT2D eigenvalue weighted by atomic mass is 31.0. The molecule has 0 radical (unpaired) electrons. The first-order valence-electron chi connectivity index (χ1n) is 5.08. The first-order valence-corrected chi connectivity index (χ1v) is 5.66. The fourth-order valence-electron chi connectivity index (χ4n) is 2.04. The van der Waals surface area contributed by atoms with Crippen LogP contribution >= 0.6 is 9.24 Å². The summed E-state index contributed by atoms with van der Waals surface area (Å²) in [5.74, 6) is 0. The molecular weight excluding hydrogens is 193 g/mol. The van der Waals surface area contributed by atoms with E-state index in [1.807, 2.05) is 0 Å². The molecule has 2 atom stereocenters. The minimum absolute atomic E-state index is 0.00174. The van der Waals surface area contributed by atoms with Crippen LogP contribution in [0.1, 0.15) is 13.3 Å². The Hall–Kier alpha value is 0.310. The van der Waals surface area contributed by atoms with Crippen molar-refractivity contribution in [1.82, 2.24) is 14.7 Å². The van der Waals surface area contributed by atoms with Crippen molar-refractivity contribution in [3.63, 3.8) is 0 Å². The molecule has 0 aliphatic rings. The van der Waals surface area contributed by atoms with Gasteiger partial charge in [-0.3, -0.25) is 9.80 Å². The van der Waals surface area contributed by atoms with Crippen molar-refractivity contribution in [3.8, 4) is 0 Å². The third kappa shape index (κ3) is 2.66. The lowest BCUT2D eigenvalue weighted by Gasteiger charge is -2.49. The van der Waals surface area contributed by atoms with E-state index in [4.69, 9.17) is 0 Å². The molecule has 0 aliphatic carbocycles. The van der Waals surface area contributed by atoms with Gasteiger partial charge in [0.2, 0.25) is 0 Å². The van der Waals surface area contributed by atoms with E-state index in [0.29, 0.717) is 6.04 Å². The van der Waals surface area contributed by atoms with E-state index in [1.165, 1.54) is 0 Å². The van der Waals surface area contributed by atoms with Crippen molar-refractivity contribution in [2.24, 2.45) is 0 Å². The standard InChI is InChI=1S/C10H26N3P/c1-8-9(11(2)3)10(14,12(4)5)13(6)7/h9H,8,14H2,1-7H3. The Bertz CT molecular complexity index is 161. The molecule has 0 spiro atoms. The van der Waals surface area contributed by atoms with E-state index in [9.17, 15) is 0 Å². The maximum atomic E-state index is 2.99. The van der Waals surface area contributed by atoms with Gasteiger partial charge in [0.05, 0.1) is 0 Å². The normalized spacial score (nSPS) is 15.6. The molecule has 0 saturated heterocycles. The highest BCUT2D eigenvalue weighted by Crippen LogP contribution is 2.31. The molecule has 0 N–H and O–H groups in total. The van der Waals surface area contributed by atoms with E-state index in [2.05, 4.69) is 73.1 Å². The zero-order valence-corrected chi connectivity index (χ0v) is 11.9. The molecule has 0 fully saturated rings. The van der Waals surface area contributed by atoms with Crippen molar-refractivity contribution >= 4 is 9.24 Å². The van der Waals surface area contributed by atoms with Gasteiger partial charge >= 0.3 is 0 Å². The Labute approximate surface area is 91.6 Å². The van der Waals surface area contributed by atoms with Gasteiger partial charge in [0.15, 0.2) is 0 Å². The quantitative estimate of drug-likeness (QED) is 0.504.